The zero-order chi connectivity index (χ0) is 18.7. The Hall–Kier alpha value is -2.11. The number of carbonyl (C=O) groups is 1. The number of nitrogens with zero attached hydrogens (tertiary/aromatic N) is 4. The van der Waals surface area contributed by atoms with Crippen molar-refractivity contribution in [3.63, 3.8) is 0 Å². The Kier molecular flexibility index (Phi) is 5.79. The summed E-state index contributed by atoms with van der Waals surface area (Å²) in [6.45, 7) is 7.94. The molecular formula is C20H25ClN4O. The number of hydrogen-bond donors (Lipinski definition) is 0. The first kappa shape index (κ1) is 18.7. The molecule has 138 valence electrons. The van der Waals surface area contributed by atoms with Gasteiger partial charge in [0.25, 0.3) is 0 Å². The topological polar surface area (TPSA) is 41.4 Å². The van der Waals surface area contributed by atoms with Gasteiger partial charge in [0.2, 0.25) is 5.91 Å². The highest BCUT2D eigenvalue weighted by Crippen LogP contribution is 2.22. The molecule has 6 heteroatoms. The van der Waals surface area contributed by atoms with Crippen molar-refractivity contribution in [2.75, 3.05) is 33.2 Å². The number of rotatable bonds is 4. The lowest BCUT2D eigenvalue weighted by molar-refractivity contribution is -0.127. The second kappa shape index (κ2) is 8.06. The SMILES string of the molecule is Cc1ccc(Cn2nc(C)c(/C=C/C(=O)N3CCN(C)CC3)c2Cl)cc1. The number of benzene rings is 1. The smallest absolute Gasteiger partial charge is 0.246 e. The zero-order valence-corrected chi connectivity index (χ0v) is 16.3. The van der Waals surface area contributed by atoms with E-state index in [1.54, 1.807) is 16.8 Å². The maximum absolute atomic E-state index is 12.4. The Morgan fingerprint density at radius 2 is 1.81 bits per heavy atom. The maximum Gasteiger partial charge on any atom is 0.246 e. The summed E-state index contributed by atoms with van der Waals surface area (Å²) >= 11 is 6.52. The number of likely N-dealkylation sites (N-methyl/N-ethyl adjacent to an activating group) is 1. The van der Waals surface area contributed by atoms with Crippen LogP contribution in [0.15, 0.2) is 30.3 Å². The van der Waals surface area contributed by atoms with E-state index in [1.807, 2.05) is 11.8 Å². The number of aryl methyl sites for hydroxylation is 2. The monoisotopic (exact) mass is 372 g/mol. The van der Waals surface area contributed by atoms with Crippen LogP contribution in [0.25, 0.3) is 6.08 Å². The van der Waals surface area contributed by atoms with Crippen LogP contribution >= 0.6 is 11.6 Å². The minimum atomic E-state index is 0.0276. The van der Waals surface area contributed by atoms with E-state index in [4.69, 9.17) is 11.6 Å². The molecule has 0 saturated carbocycles. The van der Waals surface area contributed by atoms with E-state index < -0.39 is 0 Å². The third kappa shape index (κ3) is 4.34. The molecule has 0 unspecified atom stereocenters. The largest absolute Gasteiger partial charge is 0.337 e. The Bertz CT molecular complexity index is 802. The summed E-state index contributed by atoms with van der Waals surface area (Å²) < 4.78 is 1.78. The van der Waals surface area contributed by atoms with E-state index in [1.165, 1.54) is 5.56 Å². The highest BCUT2D eigenvalue weighted by molar-refractivity contribution is 6.31. The first-order valence-corrected chi connectivity index (χ1v) is 9.26. The molecule has 5 nitrogen and oxygen atoms in total. The molecule has 1 aromatic carbocycles. The van der Waals surface area contributed by atoms with Gasteiger partial charge in [-0.05, 0) is 32.5 Å². The fourth-order valence-electron chi connectivity index (χ4n) is 3.01. The van der Waals surface area contributed by atoms with Gasteiger partial charge in [-0.1, -0.05) is 41.4 Å². The Balaban J connectivity index is 1.71. The number of amides is 1. The highest BCUT2D eigenvalue weighted by atomic mass is 35.5. The Morgan fingerprint density at radius 1 is 1.15 bits per heavy atom. The highest BCUT2D eigenvalue weighted by Gasteiger charge is 2.17. The van der Waals surface area contributed by atoms with Crippen LogP contribution in [0, 0.1) is 13.8 Å². The van der Waals surface area contributed by atoms with E-state index in [0.717, 1.165) is 43.0 Å². The lowest BCUT2D eigenvalue weighted by Crippen LogP contribution is -2.46. The lowest BCUT2D eigenvalue weighted by Gasteiger charge is -2.31. The third-order valence-corrected chi connectivity index (χ3v) is 5.17. The summed E-state index contributed by atoms with van der Waals surface area (Å²) in [7, 11) is 2.07. The molecule has 1 aliphatic heterocycles. The van der Waals surface area contributed by atoms with E-state index in [2.05, 4.69) is 48.2 Å². The molecular weight excluding hydrogens is 348 g/mol. The number of carbonyl (C=O) groups excluding carboxylic acids is 1. The van der Waals surface area contributed by atoms with Gasteiger partial charge in [0, 0.05) is 37.8 Å². The van der Waals surface area contributed by atoms with Gasteiger partial charge >= 0.3 is 0 Å². The molecule has 1 fully saturated rings. The molecule has 0 spiro atoms. The van der Waals surface area contributed by atoms with Crippen molar-refractivity contribution < 1.29 is 4.79 Å². The van der Waals surface area contributed by atoms with Crippen molar-refractivity contribution in [1.82, 2.24) is 19.6 Å². The predicted octanol–water partition coefficient (Wildman–Crippen LogP) is 2.99. The molecule has 26 heavy (non-hydrogen) atoms. The van der Waals surface area contributed by atoms with Crippen molar-refractivity contribution in [3.8, 4) is 0 Å². The molecule has 0 bridgehead atoms. The van der Waals surface area contributed by atoms with E-state index >= 15 is 0 Å². The molecule has 2 aromatic rings. The van der Waals surface area contributed by atoms with Crippen molar-refractivity contribution in [2.24, 2.45) is 0 Å². The summed E-state index contributed by atoms with van der Waals surface area (Å²) in [6, 6.07) is 8.31. The average molecular weight is 373 g/mol. The van der Waals surface area contributed by atoms with Crippen LogP contribution in [0.1, 0.15) is 22.4 Å². The van der Waals surface area contributed by atoms with Gasteiger partial charge in [-0.15, -0.1) is 0 Å². The fraction of sp³-hybridized carbons (Fsp3) is 0.400. The Labute approximate surface area is 159 Å². The van der Waals surface area contributed by atoms with Gasteiger partial charge in [0.15, 0.2) is 0 Å². The van der Waals surface area contributed by atoms with Crippen LogP contribution in [0.4, 0.5) is 0 Å². The van der Waals surface area contributed by atoms with Crippen LogP contribution < -0.4 is 0 Å². The quantitative estimate of drug-likeness (QED) is 0.775. The summed E-state index contributed by atoms with van der Waals surface area (Å²) in [6.07, 6.45) is 3.40. The molecule has 0 atom stereocenters. The van der Waals surface area contributed by atoms with Crippen molar-refractivity contribution in [1.29, 1.82) is 0 Å². The summed E-state index contributed by atoms with van der Waals surface area (Å²) in [5.74, 6) is 0.0276. The normalized spacial score (nSPS) is 15.8. The molecule has 0 radical (unpaired) electrons. The summed E-state index contributed by atoms with van der Waals surface area (Å²) in [5, 5.41) is 5.09. The first-order valence-electron chi connectivity index (χ1n) is 8.88. The number of piperazine rings is 1. The summed E-state index contributed by atoms with van der Waals surface area (Å²) in [5.41, 5.74) is 4.00. The molecule has 1 aromatic heterocycles. The van der Waals surface area contributed by atoms with Crippen LogP contribution in [-0.2, 0) is 11.3 Å². The van der Waals surface area contributed by atoms with Gasteiger partial charge in [-0.25, -0.2) is 4.68 Å². The number of halogens is 1. The van der Waals surface area contributed by atoms with Gasteiger partial charge in [0.1, 0.15) is 5.15 Å². The average Bonchev–Trinajstić information content (AvgIpc) is 2.89. The number of aromatic nitrogens is 2. The van der Waals surface area contributed by atoms with E-state index in [-0.39, 0.29) is 5.91 Å². The van der Waals surface area contributed by atoms with Crippen molar-refractivity contribution in [3.05, 3.63) is 57.9 Å². The number of hydrogen-bond acceptors (Lipinski definition) is 3. The van der Waals surface area contributed by atoms with E-state index in [0.29, 0.717) is 11.7 Å². The van der Waals surface area contributed by atoms with Crippen LogP contribution in [0.2, 0.25) is 5.15 Å². The third-order valence-electron chi connectivity index (χ3n) is 4.77. The Morgan fingerprint density at radius 3 is 2.46 bits per heavy atom. The first-order chi connectivity index (χ1) is 12.4. The second-order valence-corrected chi connectivity index (χ2v) is 7.25. The molecule has 2 heterocycles. The van der Waals surface area contributed by atoms with Crippen LogP contribution in [0.5, 0.6) is 0 Å². The molecule has 0 aliphatic carbocycles. The zero-order valence-electron chi connectivity index (χ0n) is 15.6. The van der Waals surface area contributed by atoms with Crippen molar-refractivity contribution >= 4 is 23.6 Å². The minimum absolute atomic E-state index is 0.0276. The molecule has 0 N–H and O–H groups in total. The molecule has 3 rings (SSSR count). The standard InChI is InChI=1S/C20H25ClN4O/c1-15-4-6-17(7-5-15)14-25-20(21)18(16(2)22-25)8-9-19(26)24-12-10-23(3)11-13-24/h4-9H,10-14H2,1-3H3/b9-8+. The molecule has 1 saturated heterocycles. The minimum Gasteiger partial charge on any atom is -0.337 e. The second-order valence-electron chi connectivity index (χ2n) is 6.90. The maximum atomic E-state index is 12.4. The van der Waals surface area contributed by atoms with Crippen LogP contribution in [0.3, 0.4) is 0 Å². The predicted molar refractivity (Wildman–Crippen MR) is 105 cm³/mol. The summed E-state index contributed by atoms with van der Waals surface area (Å²) in [4.78, 5) is 16.5. The van der Waals surface area contributed by atoms with Gasteiger partial charge < -0.3 is 9.80 Å². The molecule has 1 aliphatic rings. The van der Waals surface area contributed by atoms with Gasteiger partial charge in [0.05, 0.1) is 12.2 Å². The van der Waals surface area contributed by atoms with Gasteiger partial charge in [-0.2, -0.15) is 5.10 Å². The fourth-order valence-corrected chi connectivity index (χ4v) is 3.31. The lowest BCUT2D eigenvalue weighted by atomic mass is 10.1. The van der Waals surface area contributed by atoms with Crippen LogP contribution in [-0.4, -0.2) is 58.7 Å². The van der Waals surface area contributed by atoms with Crippen molar-refractivity contribution in [2.45, 2.75) is 20.4 Å². The molecule has 1 amide bonds. The van der Waals surface area contributed by atoms with Gasteiger partial charge in [-0.3, -0.25) is 4.79 Å². The van der Waals surface area contributed by atoms with E-state index in [9.17, 15) is 4.79 Å².